The summed E-state index contributed by atoms with van der Waals surface area (Å²) in [5.74, 6) is -0.536. The lowest BCUT2D eigenvalue weighted by molar-refractivity contribution is 0.000426. The van der Waals surface area contributed by atoms with Crippen LogP contribution in [-0.2, 0) is 17.8 Å². The summed E-state index contributed by atoms with van der Waals surface area (Å²) in [7, 11) is 0. The van der Waals surface area contributed by atoms with Crippen molar-refractivity contribution >= 4 is 18.3 Å². The smallest absolute Gasteiger partial charge is 0.410 e. The fourth-order valence-electron chi connectivity index (χ4n) is 4.78. The van der Waals surface area contributed by atoms with Gasteiger partial charge in [-0.15, -0.1) is 0 Å². The van der Waals surface area contributed by atoms with Gasteiger partial charge in [0.15, 0.2) is 0 Å². The molecule has 0 bridgehead atoms. The van der Waals surface area contributed by atoms with Crippen LogP contribution in [0.4, 0.5) is 9.18 Å². The van der Waals surface area contributed by atoms with Gasteiger partial charge in [0.2, 0.25) is 0 Å². The van der Waals surface area contributed by atoms with E-state index in [4.69, 9.17) is 4.74 Å². The maximum Gasteiger partial charge on any atom is 0.410 e. The topological polar surface area (TPSA) is 79.0 Å². The van der Waals surface area contributed by atoms with Gasteiger partial charge in [-0.25, -0.2) is 9.18 Å². The second kappa shape index (κ2) is 12.4. The normalized spacial score (nSPS) is 15.9. The average Bonchev–Trinajstić information content (AvgIpc) is 2.92. The van der Waals surface area contributed by atoms with Crippen molar-refractivity contribution in [2.75, 3.05) is 19.6 Å². The summed E-state index contributed by atoms with van der Waals surface area (Å²) >= 11 is 0. The molecular weight excluding hydrogens is 509 g/mol. The van der Waals surface area contributed by atoms with Crippen LogP contribution in [0.3, 0.4) is 0 Å². The van der Waals surface area contributed by atoms with Crippen LogP contribution in [0.25, 0.3) is 11.1 Å². The minimum absolute atomic E-state index is 0.0531. The largest absolute Gasteiger partial charge is 0.444 e. The highest BCUT2D eigenvalue weighted by Gasteiger charge is 2.31. The molecule has 3 aromatic carbocycles. The molecular formula is C32H36FN3O4. The van der Waals surface area contributed by atoms with Crippen LogP contribution in [0.5, 0.6) is 0 Å². The van der Waals surface area contributed by atoms with Crippen LogP contribution in [-0.4, -0.2) is 59.4 Å². The number of rotatable bonds is 7. The molecule has 1 atom stereocenters. The van der Waals surface area contributed by atoms with Crippen LogP contribution < -0.4 is 5.32 Å². The van der Waals surface area contributed by atoms with Crippen molar-refractivity contribution in [3.05, 3.63) is 94.8 Å². The zero-order valence-corrected chi connectivity index (χ0v) is 23.4. The molecule has 1 fully saturated rings. The monoisotopic (exact) mass is 545 g/mol. The predicted octanol–water partition coefficient (Wildman–Crippen LogP) is 5.68. The highest BCUT2D eigenvalue weighted by molar-refractivity contribution is 5.95. The Kier molecular flexibility index (Phi) is 9.00. The summed E-state index contributed by atoms with van der Waals surface area (Å²) in [5.41, 5.74) is 3.59. The van der Waals surface area contributed by atoms with E-state index < -0.39 is 5.60 Å². The Morgan fingerprint density at radius 1 is 1.02 bits per heavy atom. The van der Waals surface area contributed by atoms with Gasteiger partial charge in [-0.2, -0.15) is 0 Å². The molecule has 1 saturated heterocycles. The van der Waals surface area contributed by atoms with Crippen molar-refractivity contribution in [1.29, 1.82) is 0 Å². The Morgan fingerprint density at radius 3 is 2.50 bits per heavy atom. The lowest BCUT2D eigenvalue weighted by Crippen LogP contribution is -2.54. The molecule has 0 aromatic heterocycles. The number of halogens is 1. The van der Waals surface area contributed by atoms with Crippen molar-refractivity contribution in [3.63, 3.8) is 0 Å². The Morgan fingerprint density at radius 2 is 1.77 bits per heavy atom. The number of nitrogens with zero attached hydrogens (tertiary/aromatic N) is 2. The lowest BCUT2D eigenvalue weighted by atomic mass is 10.00. The summed E-state index contributed by atoms with van der Waals surface area (Å²) in [4.78, 5) is 40.0. The molecule has 210 valence electrons. The molecule has 0 radical (unpaired) electrons. The fourth-order valence-corrected chi connectivity index (χ4v) is 4.78. The van der Waals surface area contributed by atoms with E-state index in [1.165, 1.54) is 6.07 Å². The Hall–Kier alpha value is -4.04. The summed E-state index contributed by atoms with van der Waals surface area (Å²) in [6.45, 7) is 10.0. The second-order valence-electron chi connectivity index (χ2n) is 11.2. The van der Waals surface area contributed by atoms with Crippen LogP contribution in [0.1, 0.15) is 59.5 Å². The van der Waals surface area contributed by atoms with Gasteiger partial charge >= 0.3 is 6.09 Å². The molecule has 1 aliphatic rings. The third kappa shape index (κ3) is 7.54. The number of amides is 2. The molecule has 1 aliphatic heterocycles. The Labute approximate surface area is 234 Å². The van der Waals surface area contributed by atoms with Crippen LogP contribution in [0.2, 0.25) is 0 Å². The second-order valence-corrected chi connectivity index (χ2v) is 11.2. The number of aldehydes is 1. The minimum atomic E-state index is -0.552. The predicted molar refractivity (Wildman–Crippen MR) is 153 cm³/mol. The Bertz CT molecular complexity index is 1380. The number of hydrogen-bond donors (Lipinski definition) is 1. The van der Waals surface area contributed by atoms with Crippen molar-refractivity contribution in [1.82, 2.24) is 15.1 Å². The number of carbonyl (C=O) groups is 3. The summed E-state index contributed by atoms with van der Waals surface area (Å²) < 4.78 is 20.4. The number of hydrogen-bond acceptors (Lipinski definition) is 5. The zero-order valence-electron chi connectivity index (χ0n) is 23.4. The van der Waals surface area contributed by atoms with Crippen molar-refractivity contribution in [2.45, 2.75) is 52.4 Å². The molecule has 0 spiro atoms. The molecule has 1 heterocycles. The third-order valence-electron chi connectivity index (χ3n) is 6.78. The number of nitrogens with one attached hydrogen (secondary N) is 1. The molecule has 1 N–H and O–H groups in total. The van der Waals surface area contributed by atoms with E-state index in [-0.39, 0.29) is 23.9 Å². The third-order valence-corrected chi connectivity index (χ3v) is 6.78. The highest BCUT2D eigenvalue weighted by Crippen LogP contribution is 2.25. The quantitative estimate of drug-likeness (QED) is 0.387. The standard InChI is InChI=1S/C32H36FN3O4/c1-22-19-35(13-14-36(22)31(39)40-32(2,3)4)20-28-17-26(11-12-29(28)33)25-9-5-7-23(15-25)18-34-30(38)27-10-6-8-24(16-27)21-37/h5-12,15-17,21-22H,13-14,18-20H2,1-4H3,(H,34,38)/t22-/m0/s1. The maximum atomic E-state index is 14.9. The van der Waals surface area contributed by atoms with E-state index in [2.05, 4.69) is 10.2 Å². The number of piperazine rings is 1. The van der Waals surface area contributed by atoms with Gasteiger partial charge in [0.25, 0.3) is 5.91 Å². The van der Waals surface area contributed by atoms with Crippen molar-refractivity contribution in [3.8, 4) is 11.1 Å². The van der Waals surface area contributed by atoms with E-state index in [9.17, 15) is 18.8 Å². The van der Waals surface area contributed by atoms with Gasteiger partial charge < -0.3 is 15.0 Å². The molecule has 0 saturated carbocycles. The van der Waals surface area contributed by atoms with Crippen LogP contribution in [0, 0.1) is 5.82 Å². The van der Waals surface area contributed by atoms with Gasteiger partial charge in [-0.3, -0.25) is 14.5 Å². The van der Waals surface area contributed by atoms with Crippen LogP contribution >= 0.6 is 0 Å². The zero-order chi connectivity index (χ0) is 28.9. The molecule has 7 nitrogen and oxygen atoms in total. The van der Waals surface area contributed by atoms with Crippen molar-refractivity contribution < 1.29 is 23.5 Å². The van der Waals surface area contributed by atoms with E-state index in [1.54, 1.807) is 35.2 Å². The number of benzene rings is 3. The fraction of sp³-hybridized carbons (Fsp3) is 0.344. The first kappa shape index (κ1) is 29.0. The van der Waals surface area contributed by atoms with Gasteiger partial charge in [0.1, 0.15) is 17.7 Å². The van der Waals surface area contributed by atoms with E-state index in [0.717, 1.165) is 16.7 Å². The summed E-state index contributed by atoms with van der Waals surface area (Å²) in [6.07, 6.45) is 0.389. The van der Waals surface area contributed by atoms with Gasteiger partial charge in [0.05, 0.1) is 0 Å². The van der Waals surface area contributed by atoms with E-state index in [1.807, 2.05) is 58.0 Å². The number of carbonyl (C=O) groups excluding carboxylic acids is 3. The Balaban J connectivity index is 1.40. The van der Waals surface area contributed by atoms with Crippen molar-refractivity contribution in [2.24, 2.45) is 0 Å². The molecule has 0 unspecified atom stereocenters. The summed E-state index contributed by atoms with van der Waals surface area (Å²) in [5, 5.41) is 2.89. The highest BCUT2D eigenvalue weighted by atomic mass is 19.1. The molecule has 2 amide bonds. The first-order valence-corrected chi connectivity index (χ1v) is 13.5. The lowest BCUT2D eigenvalue weighted by Gasteiger charge is -2.40. The number of ether oxygens (including phenoxy) is 1. The first-order chi connectivity index (χ1) is 19.0. The molecule has 0 aliphatic carbocycles. The van der Waals surface area contributed by atoms with Gasteiger partial charge in [-0.05, 0) is 74.7 Å². The SMILES string of the molecule is C[C@H]1CN(Cc2cc(-c3cccc(CNC(=O)c4cccc(C=O)c4)c3)ccc2F)CCN1C(=O)OC(C)(C)C. The van der Waals surface area contributed by atoms with Gasteiger partial charge in [0, 0.05) is 55.5 Å². The molecule has 8 heteroatoms. The maximum absolute atomic E-state index is 14.9. The molecule has 40 heavy (non-hydrogen) atoms. The van der Waals surface area contributed by atoms with Crippen LogP contribution in [0.15, 0.2) is 66.7 Å². The van der Waals surface area contributed by atoms with Gasteiger partial charge in [-0.1, -0.05) is 36.4 Å². The summed E-state index contributed by atoms with van der Waals surface area (Å²) in [6, 6.07) is 19.3. The first-order valence-electron chi connectivity index (χ1n) is 13.5. The molecule has 3 aromatic rings. The van der Waals surface area contributed by atoms with E-state index in [0.29, 0.717) is 55.7 Å². The molecule has 4 rings (SSSR count). The minimum Gasteiger partial charge on any atom is -0.444 e. The average molecular weight is 546 g/mol. The van der Waals surface area contributed by atoms with E-state index >= 15 is 0 Å².